The fourth-order valence-electron chi connectivity index (χ4n) is 3.47. The first kappa shape index (κ1) is 28.6. The molecule has 1 heterocycles. The van der Waals surface area contributed by atoms with Gasteiger partial charge in [-0.25, -0.2) is 18.0 Å². The number of anilines is 1. The van der Waals surface area contributed by atoms with E-state index in [-0.39, 0.29) is 23.5 Å². The zero-order chi connectivity index (χ0) is 27.9. The molecule has 3 aromatic rings. The van der Waals surface area contributed by atoms with Crippen molar-refractivity contribution in [2.75, 3.05) is 17.8 Å². The number of rotatable bonds is 10. The van der Waals surface area contributed by atoms with Crippen LogP contribution in [0.5, 0.6) is 0 Å². The van der Waals surface area contributed by atoms with Crippen LogP contribution in [0.1, 0.15) is 48.4 Å². The number of nitrogens with zero attached hydrogens (tertiary/aromatic N) is 2. The molecule has 3 N–H and O–H groups in total. The Morgan fingerprint density at radius 2 is 1.71 bits per heavy atom. The lowest BCUT2D eigenvalue weighted by molar-refractivity contribution is 0.0146. The summed E-state index contributed by atoms with van der Waals surface area (Å²) in [6, 6.07) is 15.0. The van der Waals surface area contributed by atoms with E-state index in [9.17, 15) is 23.1 Å². The Morgan fingerprint density at radius 3 is 2.26 bits per heavy atom. The molecule has 1 amide bonds. The molecule has 0 fully saturated rings. The molecule has 0 aliphatic rings. The number of ether oxygens (including phenoxy) is 1. The number of nitrogens with one attached hydrogen (secondary N) is 1. The van der Waals surface area contributed by atoms with Gasteiger partial charge in [-0.15, -0.1) is 0 Å². The maximum atomic E-state index is 12.8. The van der Waals surface area contributed by atoms with E-state index in [0.29, 0.717) is 17.7 Å². The summed E-state index contributed by atoms with van der Waals surface area (Å²) >= 11 is 0. The lowest BCUT2D eigenvalue weighted by atomic mass is 10.1. The van der Waals surface area contributed by atoms with Gasteiger partial charge in [0, 0.05) is 30.2 Å². The van der Waals surface area contributed by atoms with Crippen LogP contribution in [0.3, 0.4) is 0 Å². The molecule has 11 heteroatoms. The number of amides is 1. The summed E-state index contributed by atoms with van der Waals surface area (Å²) in [4.78, 5) is 29.2. The smallest absolute Gasteiger partial charge is 0.410 e. The van der Waals surface area contributed by atoms with Gasteiger partial charge in [-0.2, -0.15) is 0 Å². The highest BCUT2D eigenvalue weighted by Crippen LogP contribution is 2.20. The Hall–Kier alpha value is -3.96. The molecule has 202 valence electrons. The van der Waals surface area contributed by atoms with Crippen molar-refractivity contribution in [1.29, 1.82) is 0 Å². The van der Waals surface area contributed by atoms with Crippen LogP contribution in [0.2, 0.25) is 0 Å². The Bertz CT molecular complexity index is 1340. The summed E-state index contributed by atoms with van der Waals surface area (Å²) in [7, 11) is -3.91. The number of carboxylic acids is 1. The van der Waals surface area contributed by atoms with Crippen LogP contribution >= 0.6 is 0 Å². The van der Waals surface area contributed by atoms with Crippen molar-refractivity contribution in [3.63, 3.8) is 0 Å². The summed E-state index contributed by atoms with van der Waals surface area (Å²) in [6.45, 7) is 5.56. The van der Waals surface area contributed by atoms with Gasteiger partial charge in [0.2, 0.25) is 0 Å². The van der Waals surface area contributed by atoms with E-state index >= 15 is 0 Å². The third-order valence-electron chi connectivity index (χ3n) is 5.40. The van der Waals surface area contributed by atoms with Gasteiger partial charge in [0.25, 0.3) is 10.0 Å². The Labute approximate surface area is 222 Å². The van der Waals surface area contributed by atoms with Gasteiger partial charge in [-0.3, -0.25) is 9.71 Å². The van der Waals surface area contributed by atoms with Crippen molar-refractivity contribution >= 4 is 27.8 Å². The molecule has 0 saturated heterocycles. The minimum Gasteiger partial charge on any atom is -0.478 e. The molecule has 0 radical (unpaired) electrons. The monoisotopic (exact) mass is 541 g/mol. The highest BCUT2D eigenvalue weighted by Gasteiger charge is 2.24. The number of carboxylic acid groups (broad SMARTS) is 1. The van der Waals surface area contributed by atoms with Crippen LogP contribution in [0, 0.1) is 0 Å². The van der Waals surface area contributed by atoms with Gasteiger partial charge < -0.3 is 19.8 Å². The molecule has 1 atom stereocenters. The van der Waals surface area contributed by atoms with Crippen LogP contribution in [0.25, 0.3) is 0 Å². The number of pyridine rings is 1. The first-order chi connectivity index (χ1) is 17.8. The third kappa shape index (κ3) is 8.29. The molecule has 0 saturated carbocycles. The summed E-state index contributed by atoms with van der Waals surface area (Å²) in [5.41, 5.74) is 1.02. The standard InChI is InChI=1S/C27H31N3O7S/c1-27(2,3)37-26(34)30(18-24(31)21-5-4-15-28-17-21)16-14-19-6-10-22(11-7-19)29-38(35,36)23-12-8-20(9-13-23)25(32)33/h4-13,15,17,24,29,31H,14,16,18H2,1-3H3,(H,32,33). The number of aromatic nitrogens is 1. The van der Waals surface area contributed by atoms with E-state index in [1.807, 2.05) is 0 Å². The number of aliphatic hydroxyl groups is 1. The number of hydrogen-bond donors (Lipinski definition) is 3. The first-order valence-electron chi connectivity index (χ1n) is 11.8. The summed E-state index contributed by atoms with van der Waals surface area (Å²) in [5.74, 6) is -1.14. The molecule has 0 bridgehead atoms. The maximum Gasteiger partial charge on any atom is 0.410 e. The van der Waals surface area contributed by atoms with E-state index < -0.39 is 33.8 Å². The predicted octanol–water partition coefficient (Wildman–Crippen LogP) is 4.09. The van der Waals surface area contributed by atoms with E-state index in [1.165, 1.54) is 35.4 Å². The van der Waals surface area contributed by atoms with Crippen molar-refractivity contribution in [2.45, 2.75) is 43.8 Å². The summed E-state index contributed by atoms with van der Waals surface area (Å²) in [5, 5.41) is 19.6. The third-order valence-corrected chi connectivity index (χ3v) is 6.80. The minimum absolute atomic E-state index is 0.0123. The second kappa shape index (κ2) is 12.1. The Balaban J connectivity index is 1.66. The minimum atomic E-state index is -3.91. The van der Waals surface area contributed by atoms with Crippen molar-refractivity contribution < 1.29 is 33.0 Å². The summed E-state index contributed by atoms with van der Waals surface area (Å²) < 4.78 is 33.3. The topological polar surface area (TPSA) is 146 Å². The molecule has 3 rings (SSSR count). The SMILES string of the molecule is CC(C)(C)OC(=O)N(CCc1ccc(NS(=O)(=O)c2ccc(C(=O)O)cc2)cc1)CC(O)c1cccnc1. The van der Waals surface area contributed by atoms with Crippen LogP contribution < -0.4 is 4.72 Å². The quantitative estimate of drug-likeness (QED) is 0.348. The van der Waals surface area contributed by atoms with Crippen molar-refractivity contribution in [1.82, 2.24) is 9.88 Å². The lowest BCUT2D eigenvalue weighted by Crippen LogP contribution is -2.40. The highest BCUT2D eigenvalue weighted by molar-refractivity contribution is 7.92. The van der Waals surface area contributed by atoms with Crippen LogP contribution in [-0.4, -0.2) is 59.3 Å². The number of carbonyl (C=O) groups is 2. The van der Waals surface area contributed by atoms with Crippen molar-refractivity contribution in [3.05, 3.63) is 89.7 Å². The number of carbonyl (C=O) groups excluding carboxylic acids is 1. The van der Waals surface area contributed by atoms with E-state index in [1.54, 1.807) is 63.4 Å². The molecule has 2 aromatic carbocycles. The highest BCUT2D eigenvalue weighted by atomic mass is 32.2. The van der Waals surface area contributed by atoms with Gasteiger partial charge in [-0.1, -0.05) is 18.2 Å². The average Bonchev–Trinajstić information content (AvgIpc) is 2.86. The van der Waals surface area contributed by atoms with Gasteiger partial charge in [-0.05, 0) is 75.2 Å². The molecular formula is C27H31N3O7S. The first-order valence-corrected chi connectivity index (χ1v) is 13.3. The second-order valence-electron chi connectivity index (χ2n) is 9.61. The molecule has 1 unspecified atom stereocenters. The normalized spacial score (nSPS) is 12.4. The van der Waals surface area contributed by atoms with Gasteiger partial charge in [0.15, 0.2) is 0 Å². The van der Waals surface area contributed by atoms with Crippen LogP contribution in [0.15, 0.2) is 78.0 Å². The number of aromatic carboxylic acids is 1. The molecule has 10 nitrogen and oxygen atoms in total. The number of benzene rings is 2. The fourth-order valence-corrected chi connectivity index (χ4v) is 4.52. The molecule has 0 spiro atoms. The Morgan fingerprint density at radius 1 is 1.05 bits per heavy atom. The second-order valence-corrected chi connectivity index (χ2v) is 11.3. The fraction of sp³-hybridized carbons (Fsp3) is 0.296. The number of aliphatic hydroxyl groups excluding tert-OH is 1. The van der Waals surface area contributed by atoms with E-state index in [2.05, 4.69) is 9.71 Å². The molecular weight excluding hydrogens is 510 g/mol. The Kier molecular flexibility index (Phi) is 9.08. The van der Waals surface area contributed by atoms with E-state index in [4.69, 9.17) is 9.84 Å². The van der Waals surface area contributed by atoms with E-state index in [0.717, 1.165) is 5.56 Å². The maximum absolute atomic E-state index is 12.8. The predicted molar refractivity (Wildman–Crippen MR) is 141 cm³/mol. The average molecular weight is 542 g/mol. The molecule has 0 aliphatic carbocycles. The lowest BCUT2D eigenvalue weighted by Gasteiger charge is -2.29. The van der Waals surface area contributed by atoms with Crippen LogP contribution in [-0.2, 0) is 21.2 Å². The van der Waals surface area contributed by atoms with Gasteiger partial charge in [0.1, 0.15) is 5.60 Å². The zero-order valence-corrected chi connectivity index (χ0v) is 22.2. The number of hydrogen-bond acceptors (Lipinski definition) is 7. The van der Waals surface area contributed by atoms with Crippen LogP contribution in [0.4, 0.5) is 10.5 Å². The van der Waals surface area contributed by atoms with Gasteiger partial charge >= 0.3 is 12.1 Å². The summed E-state index contributed by atoms with van der Waals surface area (Å²) in [6.07, 6.45) is 2.07. The molecule has 1 aromatic heterocycles. The largest absolute Gasteiger partial charge is 0.478 e. The molecule has 0 aliphatic heterocycles. The zero-order valence-electron chi connectivity index (χ0n) is 21.4. The van der Waals surface area contributed by atoms with Crippen molar-refractivity contribution in [3.8, 4) is 0 Å². The van der Waals surface area contributed by atoms with Gasteiger partial charge in [0.05, 0.1) is 23.1 Å². The number of sulfonamides is 1. The van der Waals surface area contributed by atoms with Crippen molar-refractivity contribution in [2.24, 2.45) is 0 Å². The molecule has 38 heavy (non-hydrogen) atoms.